The summed E-state index contributed by atoms with van der Waals surface area (Å²) in [5.41, 5.74) is 11.3. The standard InChI is InChI=1S/C46H30N2O/c1-2-12-32(13-3-1)36-17-6-8-20-40(36)47(41-22-10-15-33-14-4-5-16-37(33)41)35-27-24-31(25-28-35)34-26-29-43-45(30-34)49-44-23-11-19-39-38-18-7-9-21-42(38)48(43)46(39)44/h1-30H. The molecular formula is C46H30N2O. The highest BCUT2D eigenvalue weighted by molar-refractivity contribution is 6.12. The van der Waals surface area contributed by atoms with Gasteiger partial charge in [-0.25, -0.2) is 0 Å². The molecule has 9 aromatic rings. The monoisotopic (exact) mass is 626 g/mol. The number of nitrogens with zero attached hydrogens (tertiary/aromatic N) is 2. The summed E-state index contributed by atoms with van der Waals surface area (Å²) in [6, 6.07) is 64.9. The van der Waals surface area contributed by atoms with Crippen LogP contribution in [0.25, 0.3) is 60.5 Å². The van der Waals surface area contributed by atoms with Crippen LogP contribution in [0.4, 0.5) is 17.1 Å². The number of anilines is 3. The molecule has 3 heteroatoms. The van der Waals surface area contributed by atoms with Gasteiger partial charge in [-0.3, -0.25) is 0 Å². The van der Waals surface area contributed by atoms with E-state index in [9.17, 15) is 0 Å². The number of para-hydroxylation sites is 3. The number of rotatable bonds is 5. The maximum absolute atomic E-state index is 6.59. The van der Waals surface area contributed by atoms with Crippen LogP contribution in [0.5, 0.6) is 11.5 Å². The van der Waals surface area contributed by atoms with Crippen molar-refractivity contribution in [3.05, 3.63) is 182 Å². The highest BCUT2D eigenvalue weighted by atomic mass is 16.5. The first-order valence-corrected chi connectivity index (χ1v) is 16.7. The molecule has 0 spiro atoms. The number of aromatic nitrogens is 1. The fourth-order valence-corrected chi connectivity index (χ4v) is 7.54. The minimum absolute atomic E-state index is 0.858. The van der Waals surface area contributed by atoms with E-state index in [1.54, 1.807) is 0 Å². The Kier molecular flexibility index (Phi) is 6.18. The van der Waals surface area contributed by atoms with Gasteiger partial charge in [0.1, 0.15) is 0 Å². The van der Waals surface area contributed by atoms with E-state index >= 15 is 0 Å². The van der Waals surface area contributed by atoms with Crippen molar-refractivity contribution in [3.63, 3.8) is 0 Å². The lowest BCUT2D eigenvalue weighted by Gasteiger charge is -2.29. The van der Waals surface area contributed by atoms with Gasteiger partial charge >= 0.3 is 0 Å². The lowest BCUT2D eigenvalue weighted by Crippen LogP contribution is -2.11. The predicted molar refractivity (Wildman–Crippen MR) is 204 cm³/mol. The number of hydrogen-bond donors (Lipinski definition) is 0. The molecule has 2 heterocycles. The summed E-state index contributed by atoms with van der Waals surface area (Å²) >= 11 is 0. The topological polar surface area (TPSA) is 17.4 Å². The smallest absolute Gasteiger partial charge is 0.152 e. The van der Waals surface area contributed by atoms with Gasteiger partial charge in [0, 0.05) is 27.4 Å². The van der Waals surface area contributed by atoms with Crippen molar-refractivity contribution in [2.45, 2.75) is 0 Å². The van der Waals surface area contributed by atoms with E-state index in [1.807, 2.05) is 0 Å². The van der Waals surface area contributed by atoms with Crippen LogP contribution in [-0.4, -0.2) is 4.57 Å². The minimum atomic E-state index is 0.858. The average molecular weight is 627 g/mol. The second-order valence-corrected chi connectivity index (χ2v) is 12.6. The van der Waals surface area contributed by atoms with E-state index in [1.165, 1.54) is 38.2 Å². The van der Waals surface area contributed by atoms with Crippen molar-refractivity contribution in [1.82, 2.24) is 4.57 Å². The van der Waals surface area contributed by atoms with Gasteiger partial charge in [0.05, 0.1) is 28.1 Å². The molecule has 10 rings (SSSR count). The van der Waals surface area contributed by atoms with Gasteiger partial charge in [-0.15, -0.1) is 0 Å². The largest absolute Gasteiger partial charge is 0.453 e. The summed E-state index contributed by atoms with van der Waals surface area (Å²) in [5, 5.41) is 4.86. The highest BCUT2D eigenvalue weighted by Crippen LogP contribution is 2.47. The van der Waals surface area contributed by atoms with E-state index < -0.39 is 0 Å². The van der Waals surface area contributed by atoms with Gasteiger partial charge in [-0.2, -0.15) is 0 Å². The van der Waals surface area contributed by atoms with E-state index in [0.717, 1.165) is 50.9 Å². The molecule has 0 radical (unpaired) electrons. The Morgan fingerprint density at radius 1 is 0.429 bits per heavy atom. The average Bonchev–Trinajstić information content (AvgIpc) is 3.51. The van der Waals surface area contributed by atoms with Gasteiger partial charge in [0.25, 0.3) is 0 Å². The zero-order chi connectivity index (χ0) is 32.3. The molecule has 1 aliphatic heterocycles. The molecule has 0 unspecified atom stereocenters. The maximum Gasteiger partial charge on any atom is 0.152 e. The SMILES string of the molecule is c1ccc(-c2ccccc2N(c2ccc(-c3ccc4c(c3)Oc3cccc5c6ccccc6n-4c35)cc2)c2cccc3ccccc23)cc1. The summed E-state index contributed by atoms with van der Waals surface area (Å²) in [4.78, 5) is 2.39. The van der Waals surface area contributed by atoms with Crippen LogP contribution < -0.4 is 9.64 Å². The van der Waals surface area contributed by atoms with E-state index in [4.69, 9.17) is 4.74 Å². The molecule has 8 aromatic carbocycles. The third kappa shape index (κ3) is 4.37. The number of fused-ring (bicyclic) bond motifs is 6. The third-order valence-electron chi connectivity index (χ3n) is 9.77. The van der Waals surface area contributed by atoms with Crippen molar-refractivity contribution in [3.8, 4) is 39.4 Å². The lowest BCUT2D eigenvalue weighted by atomic mass is 9.99. The molecule has 1 aliphatic rings. The summed E-state index contributed by atoms with van der Waals surface area (Å²) in [6.07, 6.45) is 0. The van der Waals surface area contributed by atoms with Crippen LogP contribution in [-0.2, 0) is 0 Å². The molecular weight excluding hydrogens is 597 g/mol. The van der Waals surface area contributed by atoms with Crippen LogP contribution in [0.3, 0.4) is 0 Å². The Morgan fingerprint density at radius 3 is 2.00 bits per heavy atom. The summed E-state index contributed by atoms with van der Waals surface area (Å²) in [7, 11) is 0. The van der Waals surface area contributed by atoms with E-state index in [-0.39, 0.29) is 0 Å². The number of ether oxygens (including phenoxy) is 1. The molecule has 3 nitrogen and oxygen atoms in total. The molecule has 49 heavy (non-hydrogen) atoms. The van der Waals surface area contributed by atoms with Crippen LogP contribution in [0, 0.1) is 0 Å². The molecule has 0 saturated carbocycles. The second kappa shape index (κ2) is 11.0. The van der Waals surface area contributed by atoms with Crippen molar-refractivity contribution in [2.75, 3.05) is 4.90 Å². The molecule has 0 atom stereocenters. The fourth-order valence-electron chi connectivity index (χ4n) is 7.54. The highest BCUT2D eigenvalue weighted by Gasteiger charge is 2.24. The van der Waals surface area contributed by atoms with Gasteiger partial charge < -0.3 is 14.2 Å². The lowest BCUT2D eigenvalue weighted by molar-refractivity contribution is 0.476. The second-order valence-electron chi connectivity index (χ2n) is 12.6. The van der Waals surface area contributed by atoms with Crippen molar-refractivity contribution < 1.29 is 4.74 Å². The molecule has 1 aromatic heterocycles. The third-order valence-corrected chi connectivity index (χ3v) is 9.77. The molecule has 0 saturated heterocycles. The zero-order valence-electron chi connectivity index (χ0n) is 26.6. The Morgan fingerprint density at radius 2 is 1.10 bits per heavy atom. The van der Waals surface area contributed by atoms with Crippen LogP contribution >= 0.6 is 0 Å². The number of benzene rings is 8. The van der Waals surface area contributed by atoms with Crippen molar-refractivity contribution in [1.29, 1.82) is 0 Å². The first-order chi connectivity index (χ1) is 24.3. The molecule has 230 valence electrons. The number of hydrogen-bond acceptors (Lipinski definition) is 2. The van der Waals surface area contributed by atoms with Crippen molar-refractivity contribution >= 4 is 49.6 Å². The Hall–Kier alpha value is -6.58. The van der Waals surface area contributed by atoms with Gasteiger partial charge in [0.15, 0.2) is 11.5 Å². The summed E-state index contributed by atoms with van der Waals surface area (Å²) in [5.74, 6) is 1.74. The normalized spacial score (nSPS) is 11.8. The van der Waals surface area contributed by atoms with Crippen LogP contribution in [0.2, 0.25) is 0 Å². The van der Waals surface area contributed by atoms with Crippen molar-refractivity contribution in [2.24, 2.45) is 0 Å². The quantitative estimate of drug-likeness (QED) is 0.189. The predicted octanol–water partition coefficient (Wildman–Crippen LogP) is 12.8. The van der Waals surface area contributed by atoms with E-state index in [2.05, 4.69) is 191 Å². The first kappa shape index (κ1) is 27.5. The van der Waals surface area contributed by atoms with Gasteiger partial charge in [-0.05, 0) is 70.6 Å². The van der Waals surface area contributed by atoms with Gasteiger partial charge in [-0.1, -0.05) is 133 Å². The Balaban J connectivity index is 1.10. The fraction of sp³-hybridized carbons (Fsp3) is 0. The Labute approximate surface area is 284 Å². The molecule has 0 amide bonds. The minimum Gasteiger partial charge on any atom is -0.453 e. The zero-order valence-corrected chi connectivity index (χ0v) is 26.6. The Bertz CT molecular complexity index is 2680. The molecule has 0 N–H and O–H groups in total. The molecule has 0 bridgehead atoms. The maximum atomic E-state index is 6.59. The van der Waals surface area contributed by atoms with Crippen LogP contribution in [0.1, 0.15) is 0 Å². The van der Waals surface area contributed by atoms with E-state index in [0.29, 0.717) is 0 Å². The van der Waals surface area contributed by atoms with Gasteiger partial charge in [0.2, 0.25) is 0 Å². The summed E-state index contributed by atoms with van der Waals surface area (Å²) in [6.45, 7) is 0. The first-order valence-electron chi connectivity index (χ1n) is 16.7. The summed E-state index contributed by atoms with van der Waals surface area (Å²) < 4.78 is 8.93. The molecule has 0 fully saturated rings. The van der Waals surface area contributed by atoms with Crippen LogP contribution in [0.15, 0.2) is 182 Å². The molecule has 0 aliphatic carbocycles.